The molecule has 0 saturated carbocycles. The van der Waals surface area contributed by atoms with E-state index >= 15 is 0 Å². The van der Waals surface area contributed by atoms with Crippen molar-refractivity contribution in [2.24, 2.45) is 0 Å². The Bertz CT molecular complexity index is 278. The second-order valence-electron chi connectivity index (χ2n) is 4.44. The van der Waals surface area contributed by atoms with Crippen molar-refractivity contribution in [2.75, 3.05) is 6.61 Å². The van der Waals surface area contributed by atoms with Crippen molar-refractivity contribution < 1.29 is 9.53 Å². The van der Waals surface area contributed by atoms with Crippen molar-refractivity contribution in [1.82, 2.24) is 0 Å². The van der Waals surface area contributed by atoms with Crippen LogP contribution in [0.5, 0.6) is 0 Å². The average molecular weight is 348 g/mol. The summed E-state index contributed by atoms with van der Waals surface area (Å²) >= 11 is 2.37. The zero-order valence-electron chi connectivity index (χ0n) is 10.3. The Morgan fingerprint density at radius 3 is 2.53 bits per heavy atom. The number of carbonyl (C=O) groups excluding carboxylic acids is 1. The molecule has 0 N–H and O–H groups in total. The molecule has 3 heteroatoms. The van der Waals surface area contributed by atoms with Gasteiger partial charge in [0.05, 0.1) is 0 Å². The zero-order valence-corrected chi connectivity index (χ0v) is 12.5. The second-order valence-corrected chi connectivity index (χ2v) is 6.20. The number of hydrogen-bond acceptors (Lipinski definition) is 2. The highest BCUT2D eigenvalue weighted by molar-refractivity contribution is 14.1. The first kappa shape index (κ1) is 14.8. The molecule has 17 heavy (non-hydrogen) atoms. The monoisotopic (exact) mass is 348 g/mol. The first-order valence-electron chi connectivity index (χ1n) is 6.54. The molecule has 0 spiro atoms. The van der Waals surface area contributed by atoms with E-state index in [1.54, 1.807) is 0 Å². The van der Waals surface area contributed by atoms with Crippen molar-refractivity contribution in [1.29, 1.82) is 0 Å². The number of halogens is 1. The number of ether oxygens (including phenoxy) is 1. The summed E-state index contributed by atoms with van der Waals surface area (Å²) in [7, 11) is 0. The van der Waals surface area contributed by atoms with E-state index in [4.69, 9.17) is 4.74 Å². The molecule has 0 fully saturated rings. The fraction of sp³-hybridized carbons (Fsp3) is 0.786. The molecule has 0 bridgehead atoms. The van der Waals surface area contributed by atoms with Crippen LogP contribution in [-0.2, 0) is 9.53 Å². The lowest BCUT2D eigenvalue weighted by atomic mass is 10.1. The highest BCUT2D eigenvalue weighted by atomic mass is 127. The van der Waals surface area contributed by atoms with Gasteiger partial charge in [0.15, 0.2) is 0 Å². The molecule has 1 rings (SSSR count). The zero-order chi connectivity index (χ0) is 12.3. The van der Waals surface area contributed by atoms with Crippen LogP contribution in [0.25, 0.3) is 0 Å². The molecule has 0 aromatic rings. The van der Waals surface area contributed by atoms with Crippen LogP contribution < -0.4 is 0 Å². The molecule has 1 unspecified atom stereocenters. The minimum atomic E-state index is -0.0346. The topological polar surface area (TPSA) is 26.3 Å². The molecule has 1 aliphatic rings. The normalized spacial score (nSPS) is 24.8. The van der Waals surface area contributed by atoms with Crippen LogP contribution >= 0.6 is 22.6 Å². The van der Waals surface area contributed by atoms with Gasteiger partial charge in [0, 0.05) is 23.2 Å². The lowest BCUT2D eigenvalue weighted by molar-refractivity contribution is -0.143. The molecule has 2 nitrogen and oxygen atoms in total. The van der Waals surface area contributed by atoms with Gasteiger partial charge in [0.2, 0.25) is 0 Å². The van der Waals surface area contributed by atoms with E-state index in [1.165, 1.54) is 12.8 Å². The fourth-order valence-corrected chi connectivity index (χ4v) is 2.37. The van der Waals surface area contributed by atoms with Crippen molar-refractivity contribution in [2.45, 2.75) is 61.7 Å². The maximum Gasteiger partial charge on any atom is 0.305 e. The number of carbonyl (C=O) groups is 1. The number of cyclic esters (lactones) is 1. The maximum absolute atomic E-state index is 11.4. The Labute approximate surface area is 118 Å². The van der Waals surface area contributed by atoms with Crippen LogP contribution in [0.4, 0.5) is 0 Å². The Kier molecular flexibility index (Phi) is 8.50. The summed E-state index contributed by atoms with van der Waals surface area (Å²) in [5.74, 6) is 6.40. The molecule has 0 radical (unpaired) electrons. The third-order valence-electron chi connectivity index (χ3n) is 2.80. The lowest BCUT2D eigenvalue weighted by Gasteiger charge is -2.10. The van der Waals surface area contributed by atoms with Gasteiger partial charge in [-0.2, -0.15) is 0 Å². The third-order valence-corrected chi connectivity index (χ3v) is 3.78. The van der Waals surface area contributed by atoms with Gasteiger partial charge < -0.3 is 4.74 Å². The Balaban J connectivity index is 2.31. The van der Waals surface area contributed by atoms with Gasteiger partial charge >= 0.3 is 5.97 Å². The van der Waals surface area contributed by atoms with Gasteiger partial charge in [0.25, 0.3) is 0 Å². The molecular weight excluding hydrogens is 327 g/mol. The highest BCUT2D eigenvalue weighted by Crippen LogP contribution is 2.13. The maximum atomic E-state index is 11.4. The molecule has 1 aliphatic heterocycles. The van der Waals surface area contributed by atoms with Crippen LogP contribution in [0, 0.1) is 11.8 Å². The van der Waals surface area contributed by atoms with E-state index in [0.717, 1.165) is 38.5 Å². The van der Waals surface area contributed by atoms with Gasteiger partial charge in [-0.15, -0.1) is 11.8 Å². The average Bonchev–Trinajstić information content (AvgIpc) is 2.33. The third kappa shape index (κ3) is 8.48. The summed E-state index contributed by atoms with van der Waals surface area (Å²) in [4.78, 5) is 11.4. The van der Waals surface area contributed by atoms with Gasteiger partial charge in [-0.1, -0.05) is 35.4 Å². The van der Waals surface area contributed by atoms with Crippen molar-refractivity contribution >= 4 is 28.6 Å². The molecular formula is C14H21IO2. The first-order valence-corrected chi connectivity index (χ1v) is 7.79. The predicted molar refractivity (Wildman–Crippen MR) is 78.1 cm³/mol. The molecule has 0 aromatic heterocycles. The van der Waals surface area contributed by atoms with Crippen molar-refractivity contribution in [3.05, 3.63) is 0 Å². The Morgan fingerprint density at radius 2 is 1.76 bits per heavy atom. The van der Waals surface area contributed by atoms with E-state index in [9.17, 15) is 4.79 Å². The smallest absolute Gasteiger partial charge is 0.305 e. The summed E-state index contributed by atoms with van der Waals surface area (Å²) in [6, 6.07) is 0. The summed E-state index contributed by atoms with van der Waals surface area (Å²) in [5.41, 5.74) is 0. The van der Waals surface area contributed by atoms with Gasteiger partial charge in [-0.25, -0.2) is 0 Å². The molecule has 0 aromatic carbocycles. The SMILES string of the molecule is O=C1CCCCCC#CCCCCC(I)CO1. The van der Waals surface area contributed by atoms with Gasteiger partial charge in [-0.05, 0) is 25.7 Å². The minimum absolute atomic E-state index is 0.0346. The highest BCUT2D eigenvalue weighted by Gasteiger charge is 2.08. The molecule has 1 atom stereocenters. The number of rotatable bonds is 0. The summed E-state index contributed by atoms with van der Waals surface area (Å²) < 4.78 is 5.71. The van der Waals surface area contributed by atoms with E-state index < -0.39 is 0 Å². The van der Waals surface area contributed by atoms with Crippen LogP contribution in [0.2, 0.25) is 0 Å². The fourth-order valence-electron chi connectivity index (χ4n) is 1.75. The van der Waals surface area contributed by atoms with E-state index in [0.29, 0.717) is 17.0 Å². The quantitative estimate of drug-likeness (QED) is 0.288. The van der Waals surface area contributed by atoms with Gasteiger partial charge in [0.1, 0.15) is 6.61 Å². The van der Waals surface area contributed by atoms with Crippen molar-refractivity contribution in [3.63, 3.8) is 0 Å². The minimum Gasteiger partial charge on any atom is -0.465 e. The van der Waals surface area contributed by atoms with Crippen LogP contribution in [0.15, 0.2) is 0 Å². The molecule has 1 heterocycles. The molecule has 0 amide bonds. The largest absolute Gasteiger partial charge is 0.465 e. The number of alkyl halides is 1. The number of esters is 1. The summed E-state index contributed by atoms with van der Waals surface area (Å²) in [6.45, 7) is 0.574. The van der Waals surface area contributed by atoms with E-state index in [2.05, 4.69) is 34.4 Å². The second kappa shape index (κ2) is 9.76. The first-order chi connectivity index (χ1) is 8.29. The van der Waals surface area contributed by atoms with Gasteiger partial charge in [-0.3, -0.25) is 4.79 Å². The van der Waals surface area contributed by atoms with Crippen LogP contribution in [0.3, 0.4) is 0 Å². The van der Waals surface area contributed by atoms with E-state index in [-0.39, 0.29) is 5.97 Å². The Hall–Kier alpha value is -0.240. The van der Waals surface area contributed by atoms with Crippen LogP contribution in [-0.4, -0.2) is 16.5 Å². The molecule has 96 valence electrons. The van der Waals surface area contributed by atoms with Crippen molar-refractivity contribution in [3.8, 4) is 11.8 Å². The van der Waals surface area contributed by atoms with E-state index in [1.807, 2.05) is 0 Å². The number of hydrogen-bond donors (Lipinski definition) is 0. The molecule has 0 aliphatic carbocycles. The summed E-state index contributed by atoms with van der Waals surface area (Å²) in [6.07, 6.45) is 9.15. The Morgan fingerprint density at radius 1 is 1.06 bits per heavy atom. The standard InChI is InChI=1S/C14H21IO2/c15-13-10-8-6-4-2-1-3-5-7-9-11-14(16)17-12-13/h13H,3-12H2. The van der Waals surface area contributed by atoms with Crippen LogP contribution in [0.1, 0.15) is 57.8 Å². The molecule has 0 saturated heterocycles. The lowest BCUT2D eigenvalue weighted by Crippen LogP contribution is -2.13. The predicted octanol–water partition coefficient (Wildman–Crippen LogP) is 3.86. The summed E-state index contributed by atoms with van der Waals surface area (Å²) in [5, 5.41) is 0.